The Morgan fingerprint density at radius 2 is 1.95 bits per heavy atom. The van der Waals surface area contributed by atoms with Crippen LogP contribution in [0.3, 0.4) is 0 Å². The maximum absolute atomic E-state index is 5.92. The third-order valence-corrected chi connectivity index (χ3v) is 3.12. The maximum atomic E-state index is 5.92. The lowest BCUT2D eigenvalue weighted by atomic mass is 10.1. The van der Waals surface area contributed by atoms with E-state index in [-0.39, 0.29) is 6.04 Å². The van der Waals surface area contributed by atoms with Crippen molar-refractivity contribution in [1.82, 2.24) is 19.7 Å². The summed E-state index contributed by atoms with van der Waals surface area (Å²) in [6.45, 7) is 6.31. The largest absolute Gasteiger partial charge is 0.327 e. The predicted octanol–water partition coefficient (Wildman–Crippen LogP) is 2.07. The Labute approximate surface area is 113 Å². The molecule has 0 aliphatic rings. The van der Waals surface area contributed by atoms with E-state index < -0.39 is 0 Å². The number of aromatic nitrogens is 4. The molecule has 0 spiro atoms. The second kappa shape index (κ2) is 5.93. The van der Waals surface area contributed by atoms with Crippen LogP contribution in [0.1, 0.15) is 44.4 Å². The zero-order valence-electron chi connectivity index (χ0n) is 11.7. The van der Waals surface area contributed by atoms with Crippen molar-refractivity contribution in [2.45, 2.75) is 45.6 Å². The van der Waals surface area contributed by atoms with E-state index in [1.165, 1.54) is 0 Å². The second-order valence-electron chi connectivity index (χ2n) is 5.10. The highest BCUT2D eigenvalue weighted by Gasteiger charge is 2.07. The van der Waals surface area contributed by atoms with Gasteiger partial charge in [0.1, 0.15) is 0 Å². The second-order valence-corrected chi connectivity index (χ2v) is 5.10. The van der Waals surface area contributed by atoms with Gasteiger partial charge < -0.3 is 5.73 Å². The Kier molecular flexibility index (Phi) is 4.27. The summed E-state index contributed by atoms with van der Waals surface area (Å²) in [5.74, 6) is 1.00. The van der Waals surface area contributed by atoms with Crippen LogP contribution in [0.5, 0.6) is 0 Å². The fourth-order valence-electron chi connectivity index (χ4n) is 1.78. The molecule has 0 bridgehead atoms. The minimum atomic E-state index is 0.173. The number of hydrogen-bond donors (Lipinski definition) is 1. The molecule has 2 heterocycles. The van der Waals surface area contributed by atoms with Gasteiger partial charge in [0, 0.05) is 24.6 Å². The van der Waals surface area contributed by atoms with Gasteiger partial charge in [0.15, 0.2) is 0 Å². The van der Waals surface area contributed by atoms with Crippen LogP contribution in [0, 0.1) is 0 Å². The van der Waals surface area contributed by atoms with Gasteiger partial charge in [0.25, 0.3) is 0 Å². The first kappa shape index (κ1) is 13.7. The van der Waals surface area contributed by atoms with E-state index in [4.69, 9.17) is 5.73 Å². The zero-order chi connectivity index (χ0) is 13.8. The predicted molar refractivity (Wildman–Crippen MR) is 75.2 cm³/mol. The first-order chi connectivity index (χ1) is 9.10. The quantitative estimate of drug-likeness (QED) is 0.892. The van der Waals surface area contributed by atoms with Gasteiger partial charge in [0.2, 0.25) is 5.95 Å². The molecule has 0 aliphatic heterocycles. The monoisotopic (exact) mass is 259 g/mol. The van der Waals surface area contributed by atoms with Gasteiger partial charge >= 0.3 is 0 Å². The molecule has 2 rings (SSSR count). The maximum Gasteiger partial charge on any atom is 0.250 e. The molecular formula is C14H21N5. The lowest BCUT2D eigenvalue weighted by molar-refractivity contribution is 0.641. The molecule has 0 amide bonds. The molecule has 102 valence electrons. The van der Waals surface area contributed by atoms with Crippen LogP contribution in [-0.2, 0) is 6.42 Å². The van der Waals surface area contributed by atoms with Crippen molar-refractivity contribution in [3.8, 4) is 5.95 Å². The van der Waals surface area contributed by atoms with Crippen LogP contribution in [0.15, 0.2) is 24.7 Å². The Bertz CT molecular complexity index is 515. The van der Waals surface area contributed by atoms with Crippen molar-refractivity contribution >= 4 is 0 Å². The molecule has 1 atom stereocenters. The highest BCUT2D eigenvalue weighted by Crippen LogP contribution is 2.12. The van der Waals surface area contributed by atoms with Crippen molar-refractivity contribution in [3.05, 3.63) is 35.9 Å². The molecule has 19 heavy (non-hydrogen) atoms. The molecule has 0 aliphatic carbocycles. The van der Waals surface area contributed by atoms with Crippen molar-refractivity contribution in [2.24, 2.45) is 5.73 Å². The van der Waals surface area contributed by atoms with Crippen LogP contribution in [0.2, 0.25) is 0 Å². The number of hydrogen-bond acceptors (Lipinski definition) is 4. The summed E-state index contributed by atoms with van der Waals surface area (Å²) >= 11 is 0. The zero-order valence-corrected chi connectivity index (χ0v) is 11.7. The van der Waals surface area contributed by atoms with Gasteiger partial charge in [-0.15, -0.1) is 0 Å². The number of nitrogens with zero attached hydrogens (tertiary/aromatic N) is 4. The lowest BCUT2D eigenvalue weighted by Gasteiger charge is -2.08. The Morgan fingerprint density at radius 3 is 2.47 bits per heavy atom. The van der Waals surface area contributed by atoms with Crippen LogP contribution in [0.25, 0.3) is 5.95 Å². The Balaban J connectivity index is 2.13. The van der Waals surface area contributed by atoms with Crippen molar-refractivity contribution in [3.63, 3.8) is 0 Å². The van der Waals surface area contributed by atoms with E-state index in [1.54, 1.807) is 4.68 Å². The molecule has 2 N–H and O–H groups in total. The van der Waals surface area contributed by atoms with Crippen LogP contribution < -0.4 is 5.73 Å². The van der Waals surface area contributed by atoms with Gasteiger partial charge in [-0.1, -0.05) is 20.8 Å². The minimum absolute atomic E-state index is 0.173. The molecule has 0 saturated carbocycles. The van der Waals surface area contributed by atoms with E-state index in [0.29, 0.717) is 11.9 Å². The molecule has 2 aromatic heterocycles. The molecule has 5 nitrogen and oxygen atoms in total. The summed E-state index contributed by atoms with van der Waals surface area (Å²) in [6.07, 6.45) is 7.32. The topological polar surface area (TPSA) is 69.6 Å². The average Bonchev–Trinajstić information content (AvgIpc) is 2.89. The summed E-state index contributed by atoms with van der Waals surface area (Å²) in [5, 5.41) is 4.45. The Hall–Kier alpha value is -1.75. The molecule has 5 heteroatoms. The summed E-state index contributed by atoms with van der Waals surface area (Å²) in [4.78, 5) is 8.69. The van der Waals surface area contributed by atoms with Gasteiger partial charge in [0.05, 0.1) is 5.69 Å². The van der Waals surface area contributed by atoms with Crippen molar-refractivity contribution < 1.29 is 0 Å². The molecule has 2 aromatic rings. The van der Waals surface area contributed by atoms with E-state index in [2.05, 4.69) is 35.8 Å². The van der Waals surface area contributed by atoms with Gasteiger partial charge in [-0.2, -0.15) is 5.10 Å². The van der Waals surface area contributed by atoms with E-state index in [1.807, 2.05) is 24.7 Å². The van der Waals surface area contributed by atoms with E-state index in [0.717, 1.165) is 24.1 Å². The summed E-state index contributed by atoms with van der Waals surface area (Å²) in [7, 11) is 0. The number of rotatable bonds is 5. The number of nitrogens with two attached hydrogens (primary N) is 1. The highest BCUT2D eigenvalue weighted by molar-refractivity contribution is 5.16. The molecule has 0 radical (unpaired) electrons. The molecule has 0 aromatic carbocycles. The smallest absolute Gasteiger partial charge is 0.250 e. The van der Waals surface area contributed by atoms with Crippen molar-refractivity contribution in [1.29, 1.82) is 0 Å². The van der Waals surface area contributed by atoms with E-state index >= 15 is 0 Å². The van der Waals surface area contributed by atoms with Gasteiger partial charge in [-0.3, -0.25) is 0 Å². The molecule has 0 saturated heterocycles. The van der Waals surface area contributed by atoms with Crippen LogP contribution in [0.4, 0.5) is 0 Å². The standard InChI is InChI=1S/C14H21N5/c1-4-12(15)7-11-8-16-14(17-9-11)19-6-5-13(18-19)10(2)3/h5-6,8-10,12H,4,7,15H2,1-3H3. The third kappa shape index (κ3) is 3.38. The molecule has 0 fully saturated rings. The molecular weight excluding hydrogens is 238 g/mol. The summed E-state index contributed by atoms with van der Waals surface area (Å²) < 4.78 is 1.71. The van der Waals surface area contributed by atoms with Crippen molar-refractivity contribution in [2.75, 3.05) is 0 Å². The average molecular weight is 259 g/mol. The van der Waals surface area contributed by atoms with Crippen LogP contribution >= 0.6 is 0 Å². The summed E-state index contributed by atoms with van der Waals surface area (Å²) in [5.41, 5.74) is 8.02. The SMILES string of the molecule is CCC(N)Cc1cnc(-n2ccc(C(C)C)n2)nc1. The minimum Gasteiger partial charge on any atom is -0.327 e. The van der Waals surface area contributed by atoms with Crippen LogP contribution in [-0.4, -0.2) is 25.8 Å². The highest BCUT2D eigenvalue weighted by atomic mass is 15.3. The normalized spacial score (nSPS) is 12.9. The Morgan fingerprint density at radius 1 is 1.26 bits per heavy atom. The fourth-order valence-corrected chi connectivity index (χ4v) is 1.78. The third-order valence-electron chi connectivity index (χ3n) is 3.12. The lowest BCUT2D eigenvalue weighted by Crippen LogP contribution is -2.21. The summed E-state index contributed by atoms with van der Waals surface area (Å²) in [6, 6.07) is 2.17. The van der Waals surface area contributed by atoms with E-state index in [9.17, 15) is 0 Å². The molecule has 1 unspecified atom stereocenters. The fraction of sp³-hybridized carbons (Fsp3) is 0.500. The first-order valence-corrected chi connectivity index (χ1v) is 6.72. The van der Waals surface area contributed by atoms with Gasteiger partial charge in [-0.05, 0) is 30.4 Å². The van der Waals surface area contributed by atoms with Gasteiger partial charge in [-0.25, -0.2) is 14.6 Å². The first-order valence-electron chi connectivity index (χ1n) is 6.72.